The van der Waals surface area contributed by atoms with Crippen LogP contribution in [0.4, 0.5) is 8.78 Å². The Hall–Kier alpha value is -3.53. The average Bonchev–Trinajstić information content (AvgIpc) is 2.78. The van der Waals surface area contributed by atoms with Crippen LogP contribution >= 0.6 is 0 Å². The summed E-state index contributed by atoms with van der Waals surface area (Å²) in [6.07, 6.45) is 3.82. The first kappa shape index (κ1) is 21.7. The Morgan fingerprint density at radius 2 is 2.12 bits per heavy atom. The van der Waals surface area contributed by atoms with Gasteiger partial charge in [-0.1, -0.05) is 12.6 Å². The molecule has 1 aromatic carbocycles. The minimum absolute atomic E-state index is 0.0241. The number of pyridine rings is 1. The number of amides is 2. The normalized spacial score (nSPS) is 20.2. The van der Waals surface area contributed by atoms with E-state index in [-0.39, 0.29) is 31.0 Å². The van der Waals surface area contributed by atoms with E-state index in [1.807, 2.05) is 0 Å². The van der Waals surface area contributed by atoms with Crippen molar-refractivity contribution in [3.05, 3.63) is 75.9 Å². The van der Waals surface area contributed by atoms with Crippen LogP contribution in [-0.2, 0) is 16.8 Å². The van der Waals surface area contributed by atoms with E-state index in [4.69, 9.17) is 4.74 Å². The second-order valence-corrected chi connectivity index (χ2v) is 7.85. The number of aromatic hydroxyl groups is 1. The zero-order valence-electron chi connectivity index (χ0n) is 17.1. The number of hydrogen-bond acceptors (Lipinski definition) is 5. The third-order valence-electron chi connectivity index (χ3n) is 5.84. The molecule has 10 heteroatoms. The Kier molecular flexibility index (Phi) is 5.55. The average molecular weight is 445 g/mol. The Labute approximate surface area is 181 Å². The summed E-state index contributed by atoms with van der Waals surface area (Å²) in [4.78, 5) is 39.6. The number of rotatable bonds is 4. The lowest BCUT2D eigenvalue weighted by Crippen LogP contribution is -2.57. The highest BCUT2D eigenvalue weighted by Gasteiger charge is 2.45. The first-order chi connectivity index (χ1) is 15.3. The van der Waals surface area contributed by atoms with E-state index in [1.54, 1.807) is 0 Å². The van der Waals surface area contributed by atoms with Crippen LogP contribution in [-0.4, -0.2) is 46.1 Å². The van der Waals surface area contributed by atoms with Crippen LogP contribution in [0.5, 0.6) is 5.75 Å². The lowest BCUT2D eigenvalue weighted by molar-refractivity contribution is -0.0205. The van der Waals surface area contributed by atoms with E-state index in [9.17, 15) is 28.3 Å². The van der Waals surface area contributed by atoms with Crippen LogP contribution in [0, 0.1) is 11.6 Å². The van der Waals surface area contributed by atoms with Crippen LogP contribution in [0.15, 0.2) is 42.0 Å². The van der Waals surface area contributed by atoms with Gasteiger partial charge in [-0.25, -0.2) is 8.78 Å². The smallest absolute Gasteiger partial charge is 0.278 e. The Balaban J connectivity index is 1.73. The van der Waals surface area contributed by atoms with Gasteiger partial charge in [0, 0.05) is 37.2 Å². The van der Waals surface area contributed by atoms with E-state index in [0.717, 1.165) is 6.07 Å². The summed E-state index contributed by atoms with van der Waals surface area (Å²) in [5.41, 5.74) is -2.44. The van der Waals surface area contributed by atoms with Crippen LogP contribution < -0.4 is 10.7 Å². The maximum atomic E-state index is 13.9. The van der Waals surface area contributed by atoms with Crippen molar-refractivity contribution in [1.82, 2.24) is 14.8 Å². The number of fused-ring (bicyclic) bond motifs is 2. The standard InChI is InChI=1S/C22H21F2N3O5/c1-2-26-11-22(6-3-7-32-12-22)27-10-15(18(28)19(29)17(27)21(26)31)20(30)25-9-13-4-5-14(23)8-16(13)24/h2,4-5,8,10,29H,1,3,6-7,9,11-12H2,(H,25,30). The molecule has 8 nitrogen and oxygen atoms in total. The molecule has 1 saturated heterocycles. The second-order valence-electron chi connectivity index (χ2n) is 7.85. The van der Waals surface area contributed by atoms with Crippen molar-refractivity contribution in [2.75, 3.05) is 19.8 Å². The van der Waals surface area contributed by atoms with Gasteiger partial charge in [0.1, 0.15) is 17.2 Å². The van der Waals surface area contributed by atoms with Gasteiger partial charge >= 0.3 is 0 Å². The number of carbonyl (C=O) groups excluding carboxylic acids is 2. The number of nitrogens with zero attached hydrogens (tertiary/aromatic N) is 2. The van der Waals surface area contributed by atoms with Gasteiger partial charge in [0.25, 0.3) is 11.8 Å². The van der Waals surface area contributed by atoms with Gasteiger partial charge < -0.3 is 24.6 Å². The van der Waals surface area contributed by atoms with Gasteiger partial charge in [-0.2, -0.15) is 0 Å². The van der Waals surface area contributed by atoms with E-state index in [1.165, 1.54) is 27.9 Å². The maximum Gasteiger partial charge on any atom is 0.278 e. The summed E-state index contributed by atoms with van der Waals surface area (Å²) < 4.78 is 34.0. The number of nitrogens with one attached hydrogen (secondary N) is 1. The number of ether oxygens (including phenoxy) is 1. The van der Waals surface area contributed by atoms with Crippen LogP contribution in [0.1, 0.15) is 39.3 Å². The zero-order chi connectivity index (χ0) is 23.0. The van der Waals surface area contributed by atoms with Gasteiger partial charge in [0.2, 0.25) is 5.43 Å². The van der Waals surface area contributed by atoms with E-state index < -0.39 is 45.7 Å². The minimum Gasteiger partial charge on any atom is -0.503 e. The van der Waals surface area contributed by atoms with Gasteiger partial charge in [-0.05, 0) is 18.9 Å². The molecule has 0 bridgehead atoms. The van der Waals surface area contributed by atoms with Crippen molar-refractivity contribution < 1.29 is 28.2 Å². The molecule has 4 rings (SSSR count). The number of aromatic nitrogens is 1. The maximum absolute atomic E-state index is 13.9. The molecule has 2 N–H and O–H groups in total. The molecule has 2 aromatic rings. The largest absolute Gasteiger partial charge is 0.503 e. The van der Waals surface area contributed by atoms with Crippen LogP contribution in [0.3, 0.4) is 0 Å². The number of benzene rings is 1. The molecule has 1 aromatic heterocycles. The lowest BCUT2D eigenvalue weighted by atomic mass is 9.88. The highest BCUT2D eigenvalue weighted by Crippen LogP contribution is 2.36. The summed E-state index contributed by atoms with van der Waals surface area (Å²) >= 11 is 0. The number of carbonyl (C=O) groups is 2. The molecular formula is C22H21F2N3O5. The highest BCUT2D eigenvalue weighted by molar-refractivity contribution is 5.99. The predicted molar refractivity (Wildman–Crippen MR) is 109 cm³/mol. The van der Waals surface area contributed by atoms with Crippen LogP contribution in [0.2, 0.25) is 0 Å². The van der Waals surface area contributed by atoms with Gasteiger partial charge in [0.05, 0.1) is 18.7 Å². The number of halogens is 2. The molecule has 0 aliphatic carbocycles. The molecule has 0 radical (unpaired) electrons. The summed E-state index contributed by atoms with van der Waals surface area (Å²) in [7, 11) is 0. The molecule has 1 atom stereocenters. The highest BCUT2D eigenvalue weighted by atomic mass is 19.1. The summed E-state index contributed by atoms with van der Waals surface area (Å²) in [6.45, 7) is 4.27. The molecule has 1 unspecified atom stereocenters. The molecule has 3 heterocycles. The van der Waals surface area contributed by atoms with Crippen molar-refractivity contribution >= 4 is 11.8 Å². The monoisotopic (exact) mass is 445 g/mol. The molecule has 0 saturated carbocycles. The summed E-state index contributed by atoms with van der Waals surface area (Å²) in [6, 6.07) is 2.91. The fourth-order valence-electron chi connectivity index (χ4n) is 4.18. The van der Waals surface area contributed by atoms with E-state index in [2.05, 4.69) is 11.9 Å². The van der Waals surface area contributed by atoms with Gasteiger partial charge in [-0.15, -0.1) is 0 Å². The van der Waals surface area contributed by atoms with Gasteiger partial charge in [-0.3, -0.25) is 14.4 Å². The fourth-order valence-corrected chi connectivity index (χ4v) is 4.18. The molecule has 168 valence electrons. The van der Waals surface area contributed by atoms with Crippen molar-refractivity contribution in [2.45, 2.75) is 24.9 Å². The molecule has 1 spiro atoms. The minimum atomic E-state index is -1.03. The molecule has 2 aliphatic rings. The Morgan fingerprint density at radius 1 is 1.34 bits per heavy atom. The zero-order valence-corrected chi connectivity index (χ0v) is 17.1. The van der Waals surface area contributed by atoms with Gasteiger partial charge in [0.15, 0.2) is 11.4 Å². The van der Waals surface area contributed by atoms with Crippen molar-refractivity contribution in [2.24, 2.45) is 0 Å². The van der Waals surface area contributed by atoms with Crippen molar-refractivity contribution in [1.29, 1.82) is 0 Å². The molecule has 1 fully saturated rings. The first-order valence-corrected chi connectivity index (χ1v) is 10.00. The SMILES string of the molecule is C=CN1CC2(CCCOC2)n2cc(C(=O)NCc3ccc(F)cc3F)c(=O)c(O)c2C1=O. The van der Waals surface area contributed by atoms with Crippen molar-refractivity contribution in [3.8, 4) is 5.75 Å². The van der Waals surface area contributed by atoms with Crippen LogP contribution in [0.25, 0.3) is 0 Å². The second kappa shape index (κ2) is 8.19. The Bertz CT molecular complexity index is 1170. The number of hydrogen-bond donors (Lipinski definition) is 2. The fraction of sp³-hybridized carbons (Fsp3) is 0.318. The summed E-state index contributed by atoms with van der Waals surface area (Å²) in [5.74, 6) is -3.94. The molecule has 32 heavy (non-hydrogen) atoms. The first-order valence-electron chi connectivity index (χ1n) is 10.00. The third kappa shape index (κ3) is 3.56. The summed E-state index contributed by atoms with van der Waals surface area (Å²) in [5, 5.41) is 13.0. The van der Waals surface area contributed by atoms with E-state index in [0.29, 0.717) is 25.5 Å². The lowest BCUT2D eigenvalue weighted by Gasteiger charge is -2.46. The quantitative estimate of drug-likeness (QED) is 0.749. The Morgan fingerprint density at radius 3 is 2.78 bits per heavy atom. The predicted octanol–water partition coefficient (Wildman–Crippen LogP) is 1.87. The molecule has 2 amide bonds. The van der Waals surface area contributed by atoms with Crippen molar-refractivity contribution in [3.63, 3.8) is 0 Å². The topological polar surface area (TPSA) is 101 Å². The third-order valence-corrected chi connectivity index (χ3v) is 5.84. The molecule has 2 aliphatic heterocycles. The van der Waals surface area contributed by atoms with E-state index >= 15 is 0 Å². The molecular weight excluding hydrogens is 424 g/mol.